The van der Waals surface area contributed by atoms with Crippen LogP contribution in [0.15, 0.2) is 2.58 Å². The van der Waals surface area contributed by atoms with E-state index >= 15 is 0 Å². The summed E-state index contributed by atoms with van der Waals surface area (Å²) in [7, 11) is -0.953. The third-order valence-corrected chi connectivity index (χ3v) is 7.52. The van der Waals surface area contributed by atoms with E-state index in [-0.39, 0.29) is 35.9 Å². The van der Waals surface area contributed by atoms with Crippen molar-refractivity contribution < 1.29 is 30.6 Å². The minimum atomic E-state index is -0.731. The Balaban J connectivity index is 4.96. The fourth-order valence-corrected chi connectivity index (χ4v) is 5.62. The second kappa shape index (κ2) is 6.33. The van der Waals surface area contributed by atoms with Crippen molar-refractivity contribution in [1.82, 2.24) is 0 Å². The molecule has 7 heteroatoms. The molecule has 46 valence electrons. The van der Waals surface area contributed by atoms with Gasteiger partial charge >= 0.3 is 61.6 Å². The fraction of sp³-hybridized carbons (Fsp3) is 1.00. The van der Waals surface area contributed by atoms with E-state index in [1.807, 2.05) is 4.93 Å². The molecule has 3 nitrogen and oxygen atoms in total. The SMILES string of the molecule is C[I-]N=S(=[P+]=O)=[P+]=O. The van der Waals surface area contributed by atoms with Crippen molar-refractivity contribution in [3.8, 4) is 0 Å². The van der Waals surface area contributed by atoms with E-state index in [9.17, 15) is 9.13 Å². The van der Waals surface area contributed by atoms with Crippen LogP contribution in [-0.4, -0.2) is 4.93 Å². The van der Waals surface area contributed by atoms with Crippen molar-refractivity contribution in [2.75, 3.05) is 4.93 Å². The van der Waals surface area contributed by atoms with Crippen LogP contribution in [0.2, 0.25) is 0 Å². The van der Waals surface area contributed by atoms with Gasteiger partial charge in [-0.25, -0.2) is 0 Å². The molecule has 0 aromatic heterocycles. The van der Waals surface area contributed by atoms with Crippen LogP contribution in [0.4, 0.5) is 0 Å². The molecule has 0 spiro atoms. The maximum atomic E-state index is 9.95. The van der Waals surface area contributed by atoms with Crippen molar-refractivity contribution in [1.29, 1.82) is 0 Å². The van der Waals surface area contributed by atoms with E-state index in [0.717, 1.165) is 0 Å². The molecule has 0 unspecified atom stereocenters. The molecule has 0 saturated carbocycles. The monoisotopic (exact) mass is 282 g/mol. The first-order valence-corrected chi connectivity index (χ1v) is 8.60. The average Bonchev–Trinajstić information content (AvgIpc) is 1.83. The Kier molecular flexibility index (Phi) is 7.29. The first-order chi connectivity index (χ1) is 3.85. The molecule has 0 aliphatic carbocycles. The summed E-state index contributed by atoms with van der Waals surface area (Å²) in [5.74, 6) is 0. The van der Waals surface area contributed by atoms with Gasteiger partial charge in [-0.2, -0.15) is 0 Å². The van der Waals surface area contributed by atoms with Crippen LogP contribution >= 0.6 is 14.5 Å². The zero-order chi connectivity index (χ0) is 6.41. The number of nitrogens with zero attached hydrogens (tertiary/aromatic N) is 1. The molecule has 0 aliphatic rings. The first kappa shape index (κ1) is 9.21. The van der Waals surface area contributed by atoms with Crippen LogP contribution in [0.3, 0.4) is 0 Å². The van der Waals surface area contributed by atoms with Crippen molar-refractivity contribution in [3.05, 3.63) is 0 Å². The molecule has 0 amide bonds. The summed E-state index contributed by atoms with van der Waals surface area (Å²) >= 11 is -0.222. The molecule has 0 bridgehead atoms. The number of rotatable bonds is 1. The van der Waals surface area contributed by atoms with Crippen LogP contribution in [0.5, 0.6) is 0 Å². The van der Waals surface area contributed by atoms with E-state index in [1.54, 1.807) is 0 Å². The zero-order valence-electron chi connectivity index (χ0n) is 3.94. The Morgan fingerprint density at radius 3 is 2.12 bits per heavy atom. The predicted molar refractivity (Wildman–Crippen MR) is 30.9 cm³/mol. The second-order valence-corrected chi connectivity index (χ2v) is 7.54. The first-order valence-electron chi connectivity index (χ1n) is 1.46. The van der Waals surface area contributed by atoms with E-state index in [4.69, 9.17) is 0 Å². The van der Waals surface area contributed by atoms with E-state index in [0.29, 0.717) is 0 Å². The third kappa shape index (κ3) is 4.13. The molecule has 0 heterocycles. The Bertz CT molecular complexity index is 227. The van der Waals surface area contributed by atoms with Gasteiger partial charge in [-0.05, 0) is 0 Å². The second-order valence-electron chi connectivity index (χ2n) is 0.632. The van der Waals surface area contributed by atoms with Gasteiger partial charge in [-0.1, -0.05) is 0 Å². The van der Waals surface area contributed by atoms with Crippen LogP contribution < -0.4 is 21.5 Å². The molecule has 0 radical (unpaired) electrons. The Morgan fingerprint density at radius 1 is 1.50 bits per heavy atom. The number of hydrogen-bond donors (Lipinski definition) is 0. The van der Waals surface area contributed by atoms with Gasteiger partial charge in [-0.15, -0.1) is 0 Å². The molecule has 0 atom stereocenters. The molecule has 0 fully saturated rings. The van der Waals surface area contributed by atoms with Gasteiger partial charge < -0.3 is 0 Å². The molecular formula is CH3INO2P2S+. The summed E-state index contributed by atoms with van der Waals surface area (Å²) in [6.45, 7) is 0. The summed E-state index contributed by atoms with van der Waals surface area (Å²) in [4.78, 5) is 1.93. The van der Waals surface area contributed by atoms with Gasteiger partial charge in [-0.3, -0.25) is 0 Å². The van der Waals surface area contributed by atoms with Gasteiger partial charge in [0, 0.05) is 0 Å². The molecular weight excluding hydrogens is 279 g/mol. The average molecular weight is 282 g/mol. The third-order valence-electron chi connectivity index (χ3n) is 0.264. The topological polar surface area (TPSA) is 46.5 Å². The summed E-state index contributed by atoms with van der Waals surface area (Å²) in [6.07, 6.45) is 0. The number of halogens is 1. The van der Waals surface area contributed by atoms with Gasteiger partial charge in [0.2, 0.25) is 0 Å². The molecule has 0 N–H and O–H groups in total. The Morgan fingerprint density at radius 2 is 2.00 bits per heavy atom. The van der Waals surface area contributed by atoms with Crippen molar-refractivity contribution in [2.24, 2.45) is 2.58 Å². The van der Waals surface area contributed by atoms with Gasteiger partial charge in [0.15, 0.2) is 0 Å². The number of alkyl halides is 1. The summed E-state index contributed by atoms with van der Waals surface area (Å²) in [5, 5.41) is 0. The Labute approximate surface area is 61.5 Å². The molecule has 8 heavy (non-hydrogen) atoms. The quantitative estimate of drug-likeness (QED) is 0.346. The van der Waals surface area contributed by atoms with Gasteiger partial charge in [0.1, 0.15) is 0 Å². The molecule has 0 aliphatic heterocycles. The normalized spacial score (nSPS) is 8.12. The minimum absolute atomic E-state index is 0.111. The molecule has 0 aromatic carbocycles. The summed E-state index contributed by atoms with van der Waals surface area (Å²) in [6, 6.07) is 0. The van der Waals surface area contributed by atoms with Crippen LogP contribution in [0.1, 0.15) is 0 Å². The van der Waals surface area contributed by atoms with Crippen LogP contribution in [-0.2, 0) is 18.2 Å². The maximum absolute atomic E-state index is 9.95. The van der Waals surface area contributed by atoms with Crippen molar-refractivity contribution in [2.45, 2.75) is 0 Å². The number of hydrogen-bond acceptors (Lipinski definition) is 3. The molecule has 0 rings (SSSR count). The predicted octanol–water partition coefficient (Wildman–Crippen LogP) is -1.16. The molecule has 0 saturated heterocycles. The molecule has 0 aromatic rings. The van der Waals surface area contributed by atoms with Crippen molar-refractivity contribution >= 4 is 23.5 Å². The van der Waals surface area contributed by atoms with E-state index in [2.05, 4.69) is 2.58 Å². The van der Waals surface area contributed by atoms with E-state index in [1.165, 1.54) is 0 Å². The van der Waals surface area contributed by atoms with Crippen molar-refractivity contribution in [3.63, 3.8) is 0 Å². The Hall–Kier alpha value is 1.21. The van der Waals surface area contributed by atoms with E-state index < -0.39 is 9.05 Å². The van der Waals surface area contributed by atoms with Gasteiger partial charge in [0.05, 0.1) is 0 Å². The van der Waals surface area contributed by atoms with Gasteiger partial charge in [0.25, 0.3) is 0 Å². The summed E-state index contributed by atoms with van der Waals surface area (Å²) in [5.41, 5.74) is 0. The van der Waals surface area contributed by atoms with Crippen LogP contribution in [0.25, 0.3) is 0 Å². The standard InChI is InChI=1S/CH3INO2P2S/c1-2-3-8(6-4)7-5/h1H3/q+1. The fourth-order valence-electron chi connectivity index (χ4n) is 0.101. The van der Waals surface area contributed by atoms with Crippen LogP contribution in [0, 0.1) is 0 Å². The zero-order valence-corrected chi connectivity index (χ0v) is 8.71. The summed E-state index contributed by atoms with van der Waals surface area (Å²) < 4.78 is 23.8.